The summed E-state index contributed by atoms with van der Waals surface area (Å²) in [6, 6.07) is 21.2. The average molecular weight is 609 g/mol. The summed E-state index contributed by atoms with van der Waals surface area (Å²) in [6.45, 7) is 26.2. The number of benzene rings is 3. The molecule has 46 heavy (non-hydrogen) atoms. The molecule has 0 fully saturated rings. The van der Waals surface area contributed by atoms with Gasteiger partial charge in [0.05, 0.1) is 0 Å². The third-order valence-electron chi connectivity index (χ3n) is 11.0. The van der Waals surface area contributed by atoms with E-state index in [1.54, 1.807) is 0 Å². The van der Waals surface area contributed by atoms with Crippen molar-refractivity contribution in [2.45, 2.75) is 102 Å². The summed E-state index contributed by atoms with van der Waals surface area (Å²) in [7, 11) is 0. The predicted molar refractivity (Wildman–Crippen MR) is 193 cm³/mol. The van der Waals surface area contributed by atoms with Crippen LogP contribution in [0.3, 0.4) is 0 Å². The quantitative estimate of drug-likeness (QED) is 0.179. The van der Waals surface area contributed by atoms with Gasteiger partial charge < -0.3 is 4.90 Å². The van der Waals surface area contributed by atoms with Crippen molar-refractivity contribution in [1.82, 2.24) is 4.98 Å². The zero-order valence-electron chi connectivity index (χ0n) is 29.9. The number of anilines is 2. The van der Waals surface area contributed by atoms with Gasteiger partial charge in [-0.2, -0.15) is 4.57 Å². The van der Waals surface area contributed by atoms with Crippen molar-refractivity contribution < 1.29 is 4.57 Å². The minimum Gasteiger partial charge on any atom is -0.336 e. The number of aryl methyl sites for hydroxylation is 7. The van der Waals surface area contributed by atoms with E-state index in [0.29, 0.717) is 0 Å². The molecule has 236 valence electrons. The summed E-state index contributed by atoms with van der Waals surface area (Å²) >= 11 is 0. The summed E-state index contributed by atoms with van der Waals surface area (Å²) in [6.07, 6.45) is 1.87. The Kier molecular flexibility index (Phi) is 8.40. The number of aromatic nitrogens is 2. The van der Waals surface area contributed by atoms with E-state index in [-0.39, 0.29) is 0 Å². The summed E-state index contributed by atoms with van der Waals surface area (Å²) < 4.78 is 2.50. The van der Waals surface area contributed by atoms with Gasteiger partial charge in [-0.1, -0.05) is 42.5 Å². The van der Waals surface area contributed by atoms with E-state index in [1.807, 2.05) is 0 Å². The van der Waals surface area contributed by atoms with Gasteiger partial charge in [0.2, 0.25) is 0 Å². The van der Waals surface area contributed by atoms with Crippen molar-refractivity contribution in [3.63, 3.8) is 0 Å². The largest absolute Gasteiger partial charge is 0.336 e. The van der Waals surface area contributed by atoms with Crippen molar-refractivity contribution >= 4 is 11.4 Å². The van der Waals surface area contributed by atoms with Crippen molar-refractivity contribution in [2.24, 2.45) is 0 Å². The Balaban J connectivity index is 1.28. The fourth-order valence-electron chi connectivity index (χ4n) is 7.24. The van der Waals surface area contributed by atoms with Crippen molar-refractivity contribution in [3.05, 3.63) is 150 Å². The van der Waals surface area contributed by atoms with Crippen molar-refractivity contribution in [3.8, 4) is 0 Å². The maximum Gasteiger partial charge on any atom is 0.181 e. The van der Waals surface area contributed by atoms with Crippen LogP contribution in [0, 0.1) is 76.2 Å². The molecule has 5 aromatic rings. The number of rotatable bonds is 6. The number of hydrogen-bond donors (Lipinski definition) is 0. The molecular weight excluding hydrogens is 558 g/mol. The maximum atomic E-state index is 4.98. The van der Waals surface area contributed by atoms with Crippen LogP contribution in [0.4, 0.5) is 11.4 Å². The zero-order valence-corrected chi connectivity index (χ0v) is 29.9. The molecule has 0 saturated heterocycles. The number of hydrogen-bond acceptors (Lipinski definition) is 2. The normalized spacial score (nSPS) is 12.4. The van der Waals surface area contributed by atoms with Crippen LogP contribution in [-0.4, -0.2) is 4.98 Å². The standard InChI is InChI=1S/C43H50N3/c1-25-17-38-21-39-18-26(2)28(4)20-43(39)46(42(38)19-27(25)3)24-37-14-12-36(13-15-37)23-45-34(10)31(7)40(32(8)35(45)11)22-41-30(6)16-29(5)33(9)44-41/h12-20H,21-24H2,1-11H3/q+1. The molecule has 0 atom stereocenters. The first-order valence-corrected chi connectivity index (χ1v) is 16.8. The molecule has 3 aromatic carbocycles. The highest BCUT2D eigenvalue weighted by Crippen LogP contribution is 2.42. The number of pyridine rings is 2. The molecule has 0 aliphatic carbocycles. The Morgan fingerprint density at radius 2 is 1.09 bits per heavy atom. The van der Waals surface area contributed by atoms with E-state index in [4.69, 9.17) is 4.98 Å². The van der Waals surface area contributed by atoms with Crippen LogP contribution < -0.4 is 9.47 Å². The van der Waals surface area contributed by atoms with Gasteiger partial charge >= 0.3 is 0 Å². The van der Waals surface area contributed by atoms with E-state index >= 15 is 0 Å². The lowest BCUT2D eigenvalue weighted by Crippen LogP contribution is -2.43. The van der Waals surface area contributed by atoms with E-state index in [9.17, 15) is 0 Å². The highest BCUT2D eigenvalue weighted by atomic mass is 15.1. The molecule has 0 saturated carbocycles. The second kappa shape index (κ2) is 12.2. The van der Waals surface area contributed by atoms with Gasteiger partial charge in [-0.3, -0.25) is 4.98 Å². The molecule has 3 heteroatoms. The lowest BCUT2D eigenvalue weighted by Gasteiger charge is -2.35. The Morgan fingerprint density at radius 1 is 0.587 bits per heavy atom. The molecule has 1 aliphatic rings. The third-order valence-corrected chi connectivity index (χ3v) is 11.0. The Labute approximate surface area is 277 Å². The zero-order chi connectivity index (χ0) is 33.0. The monoisotopic (exact) mass is 608 g/mol. The molecule has 0 spiro atoms. The molecule has 0 unspecified atom stereocenters. The highest BCUT2D eigenvalue weighted by Gasteiger charge is 2.26. The van der Waals surface area contributed by atoms with Crippen molar-refractivity contribution in [1.29, 1.82) is 0 Å². The first kappa shape index (κ1) is 31.7. The number of fused-ring (bicyclic) bond motifs is 2. The Bertz CT molecular complexity index is 1910. The van der Waals surface area contributed by atoms with E-state index in [2.05, 4.69) is 140 Å². The van der Waals surface area contributed by atoms with Crippen LogP contribution in [0.2, 0.25) is 0 Å². The molecule has 0 bridgehead atoms. The van der Waals surface area contributed by atoms with Crippen LogP contribution >= 0.6 is 0 Å². The van der Waals surface area contributed by atoms with Crippen molar-refractivity contribution in [2.75, 3.05) is 4.90 Å². The fraction of sp³-hybridized carbons (Fsp3) is 0.349. The molecule has 3 nitrogen and oxygen atoms in total. The summed E-state index contributed by atoms with van der Waals surface area (Å²) in [4.78, 5) is 7.52. The predicted octanol–water partition coefficient (Wildman–Crippen LogP) is 9.64. The van der Waals surface area contributed by atoms with Crippen LogP contribution in [-0.2, 0) is 25.9 Å². The summed E-state index contributed by atoms with van der Waals surface area (Å²) in [5.41, 5.74) is 25.3. The average Bonchev–Trinajstić information content (AvgIpc) is 3.01. The lowest BCUT2D eigenvalue weighted by atomic mass is 9.90. The maximum absolute atomic E-state index is 4.98. The molecule has 0 N–H and O–H groups in total. The third kappa shape index (κ3) is 5.77. The summed E-state index contributed by atoms with van der Waals surface area (Å²) in [5, 5.41) is 0. The van der Waals surface area contributed by atoms with Gasteiger partial charge in [0, 0.05) is 72.7 Å². The molecule has 0 amide bonds. The van der Waals surface area contributed by atoms with Crippen LogP contribution in [0.25, 0.3) is 0 Å². The van der Waals surface area contributed by atoms with Gasteiger partial charge in [-0.25, -0.2) is 0 Å². The molecule has 3 heterocycles. The minimum absolute atomic E-state index is 0.856. The van der Waals surface area contributed by atoms with Gasteiger partial charge in [-0.05, 0) is 130 Å². The van der Waals surface area contributed by atoms with E-state index in [0.717, 1.165) is 31.6 Å². The molecule has 0 radical (unpaired) electrons. The fourth-order valence-corrected chi connectivity index (χ4v) is 7.24. The smallest absolute Gasteiger partial charge is 0.181 e. The molecular formula is C43H50N3+. The topological polar surface area (TPSA) is 20.0 Å². The first-order valence-electron chi connectivity index (χ1n) is 16.8. The molecule has 2 aromatic heterocycles. The van der Waals surface area contributed by atoms with E-state index < -0.39 is 0 Å². The lowest BCUT2D eigenvalue weighted by molar-refractivity contribution is -0.700. The minimum atomic E-state index is 0.856. The first-order chi connectivity index (χ1) is 21.8. The summed E-state index contributed by atoms with van der Waals surface area (Å²) in [5.74, 6) is 0. The van der Waals surface area contributed by atoms with E-state index in [1.165, 1.54) is 101 Å². The SMILES string of the molecule is Cc1cc2c(cc1C)N(Cc1ccc(C[n+]3c(C)c(C)c(Cc4nc(C)c(C)cc4C)c(C)c3C)cc1)c1cc(C)c(C)cc1C2. The Hall–Kier alpha value is -4.24. The molecule has 6 rings (SSSR count). The Morgan fingerprint density at radius 3 is 1.63 bits per heavy atom. The van der Waals surface area contributed by atoms with Crippen LogP contribution in [0.1, 0.15) is 95.1 Å². The van der Waals surface area contributed by atoms with Crippen LogP contribution in [0.5, 0.6) is 0 Å². The van der Waals surface area contributed by atoms with Gasteiger partial charge in [-0.15, -0.1) is 0 Å². The van der Waals surface area contributed by atoms with Gasteiger partial charge in [0.1, 0.15) is 0 Å². The van der Waals surface area contributed by atoms with Gasteiger partial charge in [0.15, 0.2) is 17.9 Å². The van der Waals surface area contributed by atoms with Crippen LogP contribution in [0.15, 0.2) is 54.6 Å². The second-order valence-electron chi connectivity index (χ2n) is 14.0. The molecule has 1 aliphatic heterocycles. The number of nitrogens with zero attached hydrogens (tertiary/aromatic N) is 3. The highest BCUT2D eigenvalue weighted by molar-refractivity contribution is 5.76. The second-order valence-corrected chi connectivity index (χ2v) is 14.0. The van der Waals surface area contributed by atoms with Gasteiger partial charge in [0.25, 0.3) is 0 Å².